The number of carbonyl (C=O) groups excluding carboxylic acids is 1. The third kappa shape index (κ3) is 4.46. The SMILES string of the molecule is COCc1nc(N2CCN(C(=O)c3ccc(F)cc3)CC2)c2c(C)nn(-c3ccc(C)cc3)c2n1. The second-order valence-corrected chi connectivity index (χ2v) is 8.71. The molecule has 0 N–H and O–H groups in total. The number of aromatic nitrogens is 4. The molecule has 1 amide bonds. The highest BCUT2D eigenvalue weighted by atomic mass is 19.1. The third-order valence-electron chi connectivity index (χ3n) is 6.24. The molecule has 1 aliphatic rings. The van der Waals surface area contributed by atoms with Crippen LogP contribution in [0.4, 0.5) is 10.2 Å². The minimum Gasteiger partial charge on any atom is -0.377 e. The topological polar surface area (TPSA) is 76.4 Å². The van der Waals surface area contributed by atoms with Gasteiger partial charge in [-0.25, -0.2) is 19.0 Å². The lowest BCUT2D eigenvalue weighted by molar-refractivity contribution is 0.0746. The standard InChI is InChI=1S/C26H27FN6O2/c1-17-4-10-21(11-5-17)33-25-23(18(2)30-33)24(28-22(29-25)16-35-3)31-12-14-32(15-13-31)26(34)19-6-8-20(27)9-7-19/h4-11H,12-16H2,1-3H3. The quantitative estimate of drug-likeness (QED) is 0.439. The highest BCUT2D eigenvalue weighted by Gasteiger charge is 2.27. The number of amides is 1. The smallest absolute Gasteiger partial charge is 0.253 e. The number of nitrogens with zero attached hydrogens (tertiary/aromatic N) is 6. The molecule has 1 saturated heterocycles. The first-order chi connectivity index (χ1) is 16.9. The van der Waals surface area contributed by atoms with Gasteiger partial charge in [-0.2, -0.15) is 5.10 Å². The Hall–Kier alpha value is -3.85. The van der Waals surface area contributed by atoms with Gasteiger partial charge >= 0.3 is 0 Å². The van der Waals surface area contributed by atoms with Gasteiger partial charge in [-0.1, -0.05) is 17.7 Å². The molecule has 180 valence electrons. The van der Waals surface area contributed by atoms with Crippen LogP contribution in [0.5, 0.6) is 0 Å². The van der Waals surface area contributed by atoms with Gasteiger partial charge in [0, 0.05) is 38.9 Å². The molecule has 9 heteroatoms. The van der Waals surface area contributed by atoms with Gasteiger partial charge < -0.3 is 14.5 Å². The molecule has 0 saturated carbocycles. The fourth-order valence-electron chi connectivity index (χ4n) is 4.39. The van der Waals surface area contributed by atoms with Gasteiger partial charge in [0.05, 0.1) is 16.8 Å². The Morgan fingerprint density at radius 1 is 0.971 bits per heavy atom. The summed E-state index contributed by atoms with van der Waals surface area (Å²) in [5, 5.41) is 5.68. The molecule has 0 radical (unpaired) electrons. The zero-order valence-corrected chi connectivity index (χ0v) is 20.0. The lowest BCUT2D eigenvalue weighted by Crippen LogP contribution is -2.49. The largest absolute Gasteiger partial charge is 0.377 e. The second-order valence-electron chi connectivity index (χ2n) is 8.71. The van der Waals surface area contributed by atoms with Gasteiger partial charge in [0.1, 0.15) is 18.2 Å². The van der Waals surface area contributed by atoms with E-state index in [9.17, 15) is 9.18 Å². The molecule has 2 aromatic carbocycles. The number of fused-ring (bicyclic) bond motifs is 1. The van der Waals surface area contributed by atoms with E-state index in [4.69, 9.17) is 19.8 Å². The van der Waals surface area contributed by atoms with Gasteiger partial charge in [-0.15, -0.1) is 0 Å². The van der Waals surface area contributed by atoms with E-state index in [1.54, 1.807) is 12.0 Å². The van der Waals surface area contributed by atoms with Crippen LogP contribution in [0, 0.1) is 19.7 Å². The van der Waals surface area contributed by atoms with E-state index in [1.807, 2.05) is 42.8 Å². The van der Waals surface area contributed by atoms with Crippen molar-refractivity contribution in [2.45, 2.75) is 20.5 Å². The monoisotopic (exact) mass is 474 g/mol. The molecule has 0 spiro atoms. The molecule has 1 fully saturated rings. The van der Waals surface area contributed by atoms with Gasteiger partial charge in [-0.05, 0) is 50.2 Å². The van der Waals surface area contributed by atoms with E-state index in [0.29, 0.717) is 37.6 Å². The first-order valence-electron chi connectivity index (χ1n) is 11.6. The summed E-state index contributed by atoms with van der Waals surface area (Å²) < 4.78 is 20.4. The minimum atomic E-state index is -0.354. The van der Waals surface area contributed by atoms with Crippen LogP contribution in [-0.2, 0) is 11.3 Å². The predicted octanol–water partition coefficient (Wildman–Crippen LogP) is 3.68. The Balaban J connectivity index is 1.46. The summed E-state index contributed by atoms with van der Waals surface area (Å²) in [7, 11) is 1.62. The van der Waals surface area contributed by atoms with Crippen LogP contribution in [0.1, 0.15) is 27.4 Å². The lowest BCUT2D eigenvalue weighted by atomic mass is 10.1. The average Bonchev–Trinajstić information content (AvgIpc) is 3.20. The maximum atomic E-state index is 13.2. The molecule has 8 nitrogen and oxygen atoms in total. The molecule has 35 heavy (non-hydrogen) atoms. The number of piperazine rings is 1. The van der Waals surface area contributed by atoms with E-state index in [-0.39, 0.29) is 18.3 Å². The first kappa shape index (κ1) is 22.9. The minimum absolute atomic E-state index is 0.0964. The zero-order chi connectivity index (χ0) is 24.5. The molecule has 2 aromatic heterocycles. The molecule has 3 heterocycles. The fraction of sp³-hybridized carbons (Fsp3) is 0.308. The molecule has 5 rings (SSSR count). The van der Waals surface area contributed by atoms with Crippen LogP contribution in [0.15, 0.2) is 48.5 Å². The fourth-order valence-corrected chi connectivity index (χ4v) is 4.39. The lowest BCUT2D eigenvalue weighted by Gasteiger charge is -2.35. The summed E-state index contributed by atoms with van der Waals surface area (Å²) in [5.74, 6) is 0.924. The molecular formula is C26H27FN6O2. The number of hydrogen-bond donors (Lipinski definition) is 0. The number of carbonyl (C=O) groups is 1. The Morgan fingerprint density at radius 2 is 1.66 bits per heavy atom. The zero-order valence-electron chi connectivity index (χ0n) is 20.0. The van der Waals surface area contributed by atoms with Gasteiger partial charge in [-0.3, -0.25) is 4.79 Å². The van der Waals surface area contributed by atoms with Gasteiger partial charge in [0.25, 0.3) is 5.91 Å². The molecule has 4 aromatic rings. The van der Waals surface area contributed by atoms with Gasteiger partial charge in [0.15, 0.2) is 11.5 Å². The Labute approximate surface area is 203 Å². The van der Waals surface area contributed by atoms with E-state index >= 15 is 0 Å². The normalized spacial score (nSPS) is 14.1. The van der Waals surface area contributed by atoms with E-state index in [0.717, 1.165) is 28.2 Å². The van der Waals surface area contributed by atoms with Crippen LogP contribution in [0.3, 0.4) is 0 Å². The highest BCUT2D eigenvalue weighted by molar-refractivity contribution is 5.95. The molecule has 0 bridgehead atoms. The van der Waals surface area contributed by atoms with Crippen molar-refractivity contribution < 1.29 is 13.9 Å². The number of rotatable bonds is 5. The first-order valence-corrected chi connectivity index (χ1v) is 11.6. The van der Waals surface area contributed by atoms with Crippen molar-refractivity contribution in [2.75, 3.05) is 38.2 Å². The molecule has 0 aliphatic carbocycles. The Bertz CT molecular complexity index is 1360. The summed E-state index contributed by atoms with van der Waals surface area (Å²) in [5.41, 5.74) is 4.15. The van der Waals surface area contributed by atoms with Crippen molar-refractivity contribution in [3.63, 3.8) is 0 Å². The maximum Gasteiger partial charge on any atom is 0.253 e. The number of hydrogen-bond acceptors (Lipinski definition) is 6. The molecule has 0 unspecified atom stereocenters. The Morgan fingerprint density at radius 3 is 2.31 bits per heavy atom. The van der Waals surface area contributed by atoms with E-state index < -0.39 is 0 Å². The summed E-state index contributed by atoms with van der Waals surface area (Å²) in [6.07, 6.45) is 0. The van der Waals surface area contributed by atoms with Crippen molar-refractivity contribution in [3.05, 3.63) is 77.0 Å². The number of ether oxygens (including phenoxy) is 1. The number of anilines is 1. The third-order valence-corrected chi connectivity index (χ3v) is 6.24. The van der Waals surface area contributed by atoms with Crippen molar-refractivity contribution in [1.29, 1.82) is 0 Å². The number of benzene rings is 2. The second kappa shape index (κ2) is 9.42. The van der Waals surface area contributed by atoms with Crippen LogP contribution in [0.2, 0.25) is 0 Å². The number of methoxy groups -OCH3 is 1. The molecular weight excluding hydrogens is 447 g/mol. The van der Waals surface area contributed by atoms with Gasteiger partial charge in [0.2, 0.25) is 0 Å². The highest BCUT2D eigenvalue weighted by Crippen LogP contribution is 2.30. The molecule has 0 atom stereocenters. The van der Waals surface area contributed by atoms with Crippen molar-refractivity contribution in [1.82, 2.24) is 24.6 Å². The van der Waals surface area contributed by atoms with Crippen molar-refractivity contribution >= 4 is 22.8 Å². The summed E-state index contributed by atoms with van der Waals surface area (Å²) in [6, 6.07) is 13.8. The van der Waals surface area contributed by atoms with E-state index in [2.05, 4.69) is 4.90 Å². The molecule has 1 aliphatic heterocycles. The predicted molar refractivity (Wildman–Crippen MR) is 131 cm³/mol. The van der Waals surface area contributed by atoms with E-state index in [1.165, 1.54) is 29.8 Å². The number of halogens is 1. The summed E-state index contributed by atoms with van der Waals surface area (Å²) in [4.78, 5) is 26.4. The Kier molecular flexibility index (Phi) is 6.17. The van der Waals surface area contributed by atoms with Crippen LogP contribution in [0.25, 0.3) is 16.7 Å². The summed E-state index contributed by atoms with van der Waals surface area (Å²) in [6.45, 7) is 6.59. The van der Waals surface area contributed by atoms with Crippen molar-refractivity contribution in [3.8, 4) is 5.69 Å². The maximum absolute atomic E-state index is 13.2. The van der Waals surface area contributed by atoms with Crippen LogP contribution >= 0.6 is 0 Å². The average molecular weight is 475 g/mol. The van der Waals surface area contributed by atoms with Crippen molar-refractivity contribution in [2.24, 2.45) is 0 Å². The summed E-state index contributed by atoms with van der Waals surface area (Å²) >= 11 is 0. The number of aryl methyl sites for hydroxylation is 2. The van der Waals surface area contributed by atoms with Crippen LogP contribution < -0.4 is 4.90 Å². The van der Waals surface area contributed by atoms with Crippen LogP contribution in [-0.4, -0.2) is 63.8 Å².